The molecule has 1 aliphatic heterocycles. The number of rotatable bonds is 7. The molecule has 1 heterocycles. The van der Waals surface area contributed by atoms with Crippen molar-refractivity contribution < 1.29 is 0 Å². The number of nitrogens with zero attached hydrogens (tertiary/aromatic N) is 1. The smallest absolute Gasteiger partial charge is 0.0309 e. The molecule has 2 rings (SSSR count). The number of nitrogens with one attached hydrogen (secondary N) is 1. The van der Waals surface area contributed by atoms with Gasteiger partial charge in [0.25, 0.3) is 0 Å². The SMILES string of the molecule is CC(C)CCCCN1CC(C)(C2CC2)NCC1C(C)C. The van der Waals surface area contributed by atoms with Crippen LogP contribution in [0.3, 0.4) is 0 Å². The van der Waals surface area contributed by atoms with Crippen LogP contribution in [0.4, 0.5) is 0 Å². The average Bonchev–Trinajstić information content (AvgIpc) is 3.18. The van der Waals surface area contributed by atoms with Gasteiger partial charge in [0.05, 0.1) is 0 Å². The molecule has 0 aromatic rings. The summed E-state index contributed by atoms with van der Waals surface area (Å²) in [6, 6.07) is 0.737. The van der Waals surface area contributed by atoms with Crippen LogP contribution in [0.5, 0.6) is 0 Å². The highest BCUT2D eigenvalue weighted by Crippen LogP contribution is 2.41. The second-order valence-corrected chi connectivity index (χ2v) is 8.24. The molecule has 20 heavy (non-hydrogen) atoms. The maximum atomic E-state index is 3.89. The van der Waals surface area contributed by atoms with E-state index in [1.807, 2.05) is 0 Å². The summed E-state index contributed by atoms with van der Waals surface area (Å²) >= 11 is 0. The molecule has 0 spiro atoms. The molecule has 2 nitrogen and oxygen atoms in total. The maximum Gasteiger partial charge on any atom is 0.0309 e. The van der Waals surface area contributed by atoms with Crippen molar-refractivity contribution in [2.45, 2.75) is 78.3 Å². The Kier molecular flexibility index (Phi) is 5.53. The Labute approximate surface area is 126 Å². The third-order valence-electron chi connectivity index (χ3n) is 5.44. The number of piperazine rings is 1. The fourth-order valence-electron chi connectivity index (χ4n) is 3.83. The Bertz CT molecular complexity index is 296. The lowest BCUT2D eigenvalue weighted by Gasteiger charge is -2.48. The van der Waals surface area contributed by atoms with Crippen LogP contribution in [0.15, 0.2) is 0 Å². The van der Waals surface area contributed by atoms with Gasteiger partial charge in [-0.2, -0.15) is 0 Å². The first-order valence-corrected chi connectivity index (χ1v) is 8.91. The predicted octanol–water partition coefficient (Wildman–Crippen LogP) is 3.91. The van der Waals surface area contributed by atoms with Gasteiger partial charge in [0.2, 0.25) is 0 Å². The van der Waals surface area contributed by atoms with E-state index in [0.717, 1.165) is 23.8 Å². The van der Waals surface area contributed by atoms with Crippen LogP contribution < -0.4 is 5.32 Å². The lowest BCUT2D eigenvalue weighted by molar-refractivity contribution is 0.0509. The maximum absolute atomic E-state index is 3.89. The summed E-state index contributed by atoms with van der Waals surface area (Å²) in [7, 11) is 0. The third-order valence-corrected chi connectivity index (χ3v) is 5.44. The van der Waals surface area contributed by atoms with Gasteiger partial charge in [-0.05, 0) is 50.5 Å². The van der Waals surface area contributed by atoms with Crippen LogP contribution in [0, 0.1) is 17.8 Å². The number of hydrogen-bond acceptors (Lipinski definition) is 2. The molecule has 0 aromatic heterocycles. The number of unbranched alkanes of at least 4 members (excludes halogenated alkanes) is 1. The molecule has 0 amide bonds. The highest BCUT2D eigenvalue weighted by Gasteiger charge is 2.46. The van der Waals surface area contributed by atoms with Gasteiger partial charge in [0.15, 0.2) is 0 Å². The Morgan fingerprint density at radius 2 is 1.85 bits per heavy atom. The van der Waals surface area contributed by atoms with E-state index in [4.69, 9.17) is 0 Å². The Morgan fingerprint density at radius 1 is 1.15 bits per heavy atom. The van der Waals surface area contributed by atoms with Gasteiger partial charge in [-0.3, -0.25) is 4.90 Å². The van der Waals surface area contributed by atoms with Crippen LogP contribution in [-0.2, 0) is 0 Å². The standard InChI is InChI=1S/C18H36N2/c1-14(2)8-6-7-11-20-13-18(5,16-9-10-16)19-12-17(20)15(3)4/h14-17,19H,6-13H2,1-5H3. The zero-order valence-electron chi connectivity index (χ0n) is 14.4. The first-order chi connectivity index (χ1) is 9.42. The Hall–Kier alpha value is -0.0800. The molecule has 1 saturated carbocycles. The summed E-state index contributed by atoms with van der Waals surface area (Å²) < 4.78 is 0. The minimum absolute atomic E-state index is 0.392. The molecule has 0 aromatic carbocycles. The Morgan fingerprint density at radius 3 is 2.40 bits per heavy atom. The van der Waals surface area contributed by atoms with Gasteiger partial charge in [-0.1, -0.05) is 40.5 Å². The van der Waals surface area contributed by atoms with Crippen LogP contribution >= 0.6 is 0 Å². The van der Waals surface area contributed by atoms with Crippen molar-refractivity contribution in [1.82, 2.24) is 10.2 Å². The molecule has 2 aliphatic rings. The summed E-state index contributed by atoms with van der Waals surface area (Å²) in [5.74, 6) is 2.56. The van der Waals surface area contributed by atoms with Crippen LogP contribution in [0.25, 0.3) is 0 Å². The minimum Gasteiger partial charge on any atom is -0.308 e. The van der Waals surface area contributed by atoms with Gasteiger partial charge in [-0.25, -0.2) is 0 Å². The van der Waals surface area contributed by atoms with Gasteiger partial charge >= 0.3 is 0 Å². The quantitative estimate of drug-likeness (QED) is 0.711. The van der Waals surface area contributed by atoms with Gasteiger partial charge in [-0.15, -0.1) is 0 Å². The molecule has 0 bridgehead atoms. The van der Waals surface area contributed by atoms with Crippen LogP contribution in [-0.4, -0.2) is 36.1 Å². The molecule has 1 aliphatic carbocycles. The van der Waals surface area contributed by atoms with E-state index in [1.165, 1.54) is 51.7 Å². The average molecular weight is 281 g/mol. The molecule has 1 saturated heterocycles. The lowest BCUT2D eigenvalue weighted by Crippen LogP contribution is -2.65. The van der Waals surface area contributed by atoms with Crippen LogP contribution in [0.1, 0.15) is 66.7 Å². The third kappa shape index (κ3) is 4.21. The van der Waals surface area contributed by atoms with Gasteiger partial charge in [0, 0.05) is 24.7 Å². The fourth-order valence-corrected chi connectivity index (χ4v) is 3.83. The first-order valence-electron chi connectivity index (χ1n) is 8.91. The normalized spacial score (nSPS) is 32.2. The van der Waals surface area contributed by atoms with E-state index in [9.17, 15) is 0 Å². The summed E-state index contributed by atoms with van der Waals surface area (Å²) in [5, 5.41) is 3.89. The second-order valence-electron chi connectivity index (χ2n) is 8.24. The zero-order chi connectivity index (χ0) is 14.8. The molecule has 2 atom stereocenters. The van der Waals surface area contributed by atoms with Crippen molar-refractivity contribution in [1.29, 1.82) is 0 Å². The molecular formula is C18H36N2. The van der Waals surface area contributed by atoms with E-state index >= 15 is 0 Å². The number of hydrogen-bond donors (Lipinski definition) is 1. The van der Waals surface area contributed by atoms with Crippen molar-refractivity contribution in [3.05, 3.63) is 0 Å². The summed E-state index contributed by atoms with van der Waals surface area (Å²) in [5.41, 5.74) is 0.392. The molecule has 2 unspecified atom stereocenters. The van der Waals surface area contributed by atoms with Gasteiger partial charge < -0.3 is 5.32 Å². The second kappa shape index (κ2) is 6.79. The Balaban J connectivity index is 1.86. The van der Waals surface area contributed by atoms with Crippen molar-refractivity contribution in [2.75, 3.05) is 19.6 Å². The van der Waals surface area contributed by atoms with E-state index in [-0.39, 0.29) is 0 Å². The fraction of sp³-hybridized carbons (Fsp3) is 1.00. The highest BCUT2D eigenvalue weighted by atomic mass is 15.3. The monoisotopic (exact) mass is 280 g/mol. The molecular weight excluding hydrogens is 244 g/mol. The molecule has 2 heteroatoms. The molecule has 118 valence electrons. The lowest BCUT2D eigenvalue weighted by atomic mass is 9.88. The summed E-state index contributed by atoms with van der Waals surface area (Å²) in [6.07, 6.45) is 7.04. The molecule has 1 N–H and O–H groups in total. The van der Waals surface area contributed by atoms with Gasteiger partial charge in [0.1, 0.15) is 0 Å². The molecule has 2 fully saturated rings. The van der Waals surface area contributed by atoms with E-state index in [1.54, 1.807) is 0 Å². The highest BCUT2D eigenvalue weighted by molar-refractivity contribution is 5.04. The zero-order valence-corrected chi connectivity index (χ0v) is 14.4. The topological polar surface area (TPSA) is 15.3 Å². The predicted molar refractivity (Wildman–Crippen MR) is 88.0 cm³/mol. The van der Waals surface area contributed by atoms with E-state index < -0.39 is 0 Å². The van der Waals surface area contributed by atoms with Crippen molar-refractivity contribution in [2.24, 2.45) is 17.8 Å². The van der Waals surface area contributed by atoms with Crippen molar-refractivity contribution in [3.8, 4) is 0 Å². The summed E-state index contributed by atoms with van der Waals surface area (Å²) in [6.45, 7) is 15.7. The van der Waals surface area contributed by atoms with Crippen molar-refractivity contribution >= 4 is 0 Å². The summed E-state index contributed by atoms with van der Waals surface area (Å²) in [4.78, 5) is 2.81. The van der Waals surface area contributed by atoms with Crippen molar-refractivity contribution in [3.63, 3.8) is 0 Å². The molecule has 0 radical (unpaired) electrons. The van der Waals surface area contributed by atoms with Crippen LogP contribution in [0.2, 0.25) is 0 Å². The minimum atomic E-state index is 0.392. The van der Waals surface area contributed by atoms with E-state index in [2.05, 4.69) is 44.8 Å². The largest absolute Gasteiger partial charge is 0.308 e. The van der Waals surface area contributed by atoms with E-state index in [0.29, 0.717) is 5.54 Å². The first kappa shape index (κ1) is 16.3.